The van der Waals surface area contributed by atoms with Crippen LogP contribution in [0.3, 0.4) is 0 Å². The second-order valence-corrected chi connectivity index (χ2v) is 12.5. The predicted molar refractivity (Wildman–Crippen MR) is 96.0 cm³/mol. The van der Waals surface area contributed by atoms with Gasteiger partial charge >= 0.3 is 13.3 Å². The first kappa shape index (κ1) is 23.6. The van der Waals surface area contributed by atoms with E-state index in [-0.39, 0.29) is 0 Å². The third kappa shape index (κ3) is 6.42. The monoisotopic (exact) mass is 476 g/mol. The average Bonchev–Trinajstić information content (AvgIpc) is 2.78. The van der Waals surface area contributed by atoms with Crippen molar-refractivity contribution in [2.24, 2.45) is 0 Å². The summed E-state index contributed by atoms with van der Waals surface area (Å²) in [5, 5.41) is 18.8. The van der Waals surface area contributed by atoms with Crippen LogP contribution in [0.25, 0.3) is 0 Å². The smallest absolute Gasteiger partial charge is 0.340 e. The molecule has 17 heteroatoms. The van der Waals surface area contributed by atoms with Gasteiger partial charge in [-0.1, -0.05) is 0 Å². The van der Waals surface area contributed by atoms with Crippen LogP contribution >= 0.6 is 7.60 Å². The maximum atomic E-state index is 11.9. The van der Waals surface area contributed by atoms with Crippen LogP contribution in [0.15, 0.2) is 33.3 Å². The number of aromatic amines is 1. The van der Waals surface area contributed by atoms with Gasteiger partial charge in [-0.25, -0.2) is 21.6 Å². The zero-order valence-corrected chi connectivity index (χ0v) is 16.8. The molecule has 0 unspecified atom stereocenters. The number of aliphatic hydroxyl groups is 2. The van der Waals surface area contributed by atoms with Gasteiger partial charge in [0.1, 0.15) is 18.3 Å². The summed E-state index contributed by atoms with van der Waals surface area (Å²) in [5.74, 6) is 0. The standard InChI is InChI=1S/C12H17N2O12PS2/c15-8-1-3-14(12(18)13-8)11-10(17)9(16)7(26-11)2-4-28(22,23)6-29(24,25)5-27(19,20)21/h1-4,7,9-11,16-17H,5-6H2,(H,13,15,18)(H2,19,20,21)/b4-2+/t7-,9-,10-,11-/m1/s1. The van der Waals surface area contributed by atoms with Gasteiger partial charge in [-0.15, -0.1) is 0 Å². The van der Waals surface area contributed by atoms with E-state index in [4.69, 9.17) is 14.5 Å². The second kappa shape index (κ2) is 8.23. The fourth-order valence-electron chi connectivity index (χ4n) is 2.48. The number of hydrogen-bond donors (Lipinski definition) is 5. The summed E-state index contributed by atoms with van der Waals surface area (Å²) in [6.45, 7) is 0. The van der Waals surface area contributed by atoms with Crippen LogP contribution in [-0.2, 0) is 29.0 Å². The van der Waals surface area contributed by atoms with Crippen molar-refractivity contribution < 1.29 is 46.1 Å². The first-order valence-electron chi connectivity index (χ1n) is 7.59. The summed E-state index contributed by atoms with van der Waals surface area (Å²) in [5.41, 5.74) is -3.35. The lowest BCUT2D eigenvalue weighted by Crippen LogP contribution is -2.37. The minimum Gasteiger partial charge on any atom is -0.387 e. The maximum Gasteiger partial charge on any atom is 0.340 e. The number of ether oxygens (including phenoxy) is 1. The maximum absolute atomic E-state index is 11.9. The average molecular weight is 476 g/mol. The summed E-state index contributed by atoms with van der Waals surface area (Å²) in [6.07, 6.45) is -4.67. The molecule has 1 aromatic heterocycles. The van der Waals surface area contributed by atoms with E-state index in [2.05, 4.69) is 0 Å². The van der Waals surface area contributed by atoms with Crippen molar-refractivity contribution in [2.45, 2.75) is 24.5 Å². The first-order valence-corrected chi connectivity index (χ1v) is 12.9. The molecule has 1 aliphatic rings. The van der Waals surface area contributed by atoms with E-state index >= 15 is 0 Å². The SMILES string of the molecule is O=c1ccn([C@@H]2O[C@H](/C=C/S(=O)(=O)CS(=O)(=O)CP(=O)(O)O)[C@@H](O)[C@H]2O)c(=O)[nH]1. The van der Waals surface area contributed by atoms with Crippen LogP contribution in [0.1, 0.15) is 6.23 Å². The molecule has 1 aromatic rings. The Bertz CT molecular complexity index is 1160. The molecular formula is C12H17N2O12PS2. The van der Waals surface area contributed by atoms with Crippen LogP contribution in [0.5, 0.6) is 0 Å². The Morgan fingerprint density at radius 2 is 1.79 bits per heavy atom. The van der Waals surface area contributed by atoms with Gasteiger partial charge in [-0.3, -0.25) is 18.9 Å². The van der Waals surface area contributed by atoms with E-state index in [1.165, 1.54) is 0 Å². The number of sulfone groups is 2. The van der Waals surface area contributed by atoms with Crippen molar-refractivity contribution in [1.29, 1.82) is 0 Å². The molecule has 0 aliphatic carbocycles. The van der Waals surface area contributed by atoms with Crippen LogP contribution in [0.2, 0.25) is 0 Å². The minimum absolute atomic E-state index is 0.350. The van der Waals surface area contributed by atoms with Crippen molar-refractivity contribution in [3.8, 4) is 0 Å². The van der Waals surface area contributed by atoms with Crippen molar-refractivity contribution in [3.05, 3.63) is 44.6 Å². The number of nitrogens with zero attached hydrogens (tertiary/aromatic N) is 1. The molecule has 0 saturated carbocycles. The Labute approximate surface area is 163 Å². The largest absolute Gasteiger partial charge is 0.387 e. The van der Waals surface area contributed by atoms with E-state index in [0.717, 1.165) is 16.8 Å². The molecule has 0 radical (unpaired) electrons. The minimum atomic E-state index is -5.01. The molecule has 164 valence electrons. The lowest BCUT2D eigenvalue weighted by molar-refractivity contribution is -0.0296. The third-order valence-corrected chi connectivity index (χ3v) is 9.83. The summed E-state index contributed by atoms with van der Waals surface area (Å²) in [6, 6.07) is 0.948. The van der Waals surface area contributed by atoms with Crippen LogP contribution in [0, 0.1) is 0 Å². The lowest BCUT2D eigenvalue weighted by atomic mass is 10.1. The van der Waals surface area contributed by atoms with Crippen LogP contribution < -0.4 is 11.2 Å². The highest BCUT2D eigenvalue weighted by atomic mass is 32.3. The molecular weight excluding hydrogens is 459 g/mol. The normalized spacial score (nSPS) is 26.2. The molecule has 1 aliphatic heterocycles. The van der Waals surface area contributed by atoms with E-state index in [1.807, 2.05) is 4.98 Å². The number of nitrogens with one attached hydrogen (secondary N) is 1. The fraction of sp³-hybridized carbons (Fsp3) is 0.500. The molecule has 5 N–H and O–H groups in total. The number of aromatic nitrogens is 2. The van der Waals surface area contributed by atoms with Crippen molar-refractivity contribution in [2.75, 3.05) is 10.6 Å². The third-order valence-electron chi connectivity index (χ3n) is 3.58. The molecule has 4 atom stereocenters. The molecule has 0 aromatic carbocycles. The summed E-state index contributed by atoms with van der Waals surface area (Å²) < 4.78 is 63.7. The molecule has 29 heavy (non-hydrogen) atoms. The van der Waals surface area contributed by atoms with Crippen molar-refractivity contribution in [1.82, 2.24) is 9.55 Å². The second-order valence-electron chi connectivity index (χ2n) is 6.14. The molecule has 2 heterocycles. The Morgan fingerprint density at radius 1 is 1.17 bits per heavy atom. The molecule has 1 saturated heterocycles. The Morgan fingerprint density at radius 3 is 2.34 bits per heavy atom. The van der Waals surface area contributed by atoms with E-state index < -0.39 is 73.6 Å². The van der Waals surface area contributed by atoms with Crippen LogP contribution in [-0.4, -0.2) is 75.3 Å². The Hall–Kier alpha value is -1.65. The van der Waals surface area contributed by atoms with Gasteiger partial charge in [-0.2, -0.15) is 0 Å². The van der Waals surface area contributed by atoms with Crippen LogP contribution in [0.4, 0.5) is 0 Å². The Kier molecular flexibility index (Phi) is 6.71. The molecule has 0 amide bonds. The zero-order valence-electron chi connectivity index (χ0n) is 14.3. The molecule has 0 bridgehead atoms. The van der Waals surface area contributed by atoms with Gasteiger partial charge in [0.2, 0.25) is 0 Å². The van der Waals surface area contributed by atoms with E-state index in [9.17, 15) is 41.2 Å². The van der Waals surface area contributed by atoms with Gasteiger partial charge in [0.15, 0.2) is 36.5 Å². The molecule has 2 rings (SSSR count). The molecule has 1 fully saturated rings. The number of aliphatic hydroxyl groups excluding tert-OH is 2. The van der Waals surface area contributed by atoms with Gasteiger partial charge in [-0.05, 0) is 6.08 Å². The van der Waals surface area contributed by atoms with Crippen molar-refractivity contribution >= 4 is 27.3 Å². The van der Waals surface area contributed by atoms with E-state index in [0.29, 0.717) is 11.5 Å². The molecule has 14 nitrogen and oxygen atoms in total. The Balaban J connectivity index is 2.19. The highest BCUT2D eigenvalue weighted by Crippen LogP contribution is 2.36. The lowest BCUT2D eigenvalue weighted by Gasteiger charge is -2.16. The predicted octanol–water partition coefficient (Wildman–Crippen LogP) is -3.41. The zero-order chi connectivity index (χ0) is 22.2. The fourth-order valence-corrected chi connectivity index (χ4v) is 8.21. The topological polar surface area (TPSA) is 230 Å². The van der Waals surface area contributed by atoms with Crippen molar-refractivity contribution in [3.63, 3.8) is 0 Å². The number of H-pyrrole nitrogens is 1. The highest BCUT2D eigenvalue weighted by Gasteiger charge is 2.43. The summed E-state index contributed by atoms with van der Waals surface area (Å²) >= 11 is 0. The van der Waals surface area contributed by atoms with Gasteiger partial charge < -0.3 is 24.7 Å². The summed E-state index contributed by atoms with van der Waals surface area (Å²) in [4.78, 5) is 42.1. The van der Waals surface area contributed by atoms with Gasteiger partial charge in [0.05, 0.1) is 0 Å². The van der Waals surface area contributed by atoms with E-state index in [1.54, 1.807) is 0 Å². The van der Waals surface area contributed by atoms with Gasteiger partial charge in [0.25, 0.3) is 5.56 Å². The van der Waals surface area contributed by atoms with Gasteiger partial charge in [0, 0.05) is 17.7 Å². The highest BCUT2D eigenvalue weighted by molar-refractivity contribution is 8.11. The first-order chi connectivity index (χ1) is 13.1. The quantitative estimate of drug-likeness (QED) is 0.242. The number of rotatable bonds is 7. The number of hydrogen-bond acceptors (Lipinski definition) is 10. The summed E-state index contributed by atoms with van der Waals surface area (Å²) in [7, 11) is -14.2. The molecule has 0 spiro atoms.